The molecule has 0 fully saturated rings. The Hall–Kier alpha value is -0.450. The zero-order valence-electron chi connectivity index (χ0n) is 9.36. The van der Waals surface area contributed by atoms with Gasteiger partial charge in [0.1, 0.15) is 5.01 Å². The Labute approximate surface area is 94.8 Å². The maximum Gasteiger partial charge on any atom is 0.119 e. The lowest BCUT2D eigenvalue weighted by atomic mass is 10.1. The van der Waals surface area contributed by atoms with E-state index in [9.17, 15) is 0 Å². The monoisotopic (exact) mass is 226 g/mol. The normalized spacial score (nSPS) is 17.1. The van der Waals surface area contributed by atoms with E-state index in [2.05, 4.69) is 23.7 Å². The van der Waals surface area contributed by atoms with Crippen molar-refractivity contribution in [3.63, 3.8) is 0 Å². The summed E-state index contributed by atoms with van der Waals surface area (Å²) in [5, 5.41) is 9.90. The van der Waals surface area contributed by atoms with Crippen LogP contribution in [0.3, 0.4) is 0 Å². The molecule has 2 heterocycles. The molecular formula is C11H18N2OS. The molecule has 0 spiro atoms. The lowest BCUT2D eigenvalue weighted by Crippen LogP contribution is -2.32. The highest BCUT2D eigenvalue weighted by Crippen LogP contribution is 2.25. The number of rotatable bonds is 3. The van der Waals surface area contributed by atoms with Crippen molar-refractivity contribution in [2.24, 2.45) is 5.92 Å². The van der Waals surface area contributed by atoms with Crippen molar-refractivity contribution < 1.29 is 5.11 Å². The molecule has 1 aromatic heterocycles. The van der Waals surface area contributed by atoms with Gasteiger partial charge in [0.2, 0.25) is 0 Å². The van der Waals surface area contributed by atoms with Crippen LogP contribution in [0.2, 0.25) is 0 Å². The van der Waals surface area contributed by atoms with E-state index >= 15 is 0 Å². The molecule has 0 radical (unpaired) electrons. The Balaban J connectivity index is 2.05. The van der Waals surface area contributed by atoms with E-state index in [1.165, 1.54) is 10.6 Å². The van der Waals surface area contributed by atoms with Gasteiger partial charge in [0.25, 0.3) is 0 Å². The van der Waals surface area contributed by atoms with Crippen LogP contribution in [0.1, 0.15) is 29.4 Å². The van der Waals surface area contributed by atoms with Crippen LogP contribution in [0.5, 0.6) is 0 Å². The van der Waals surface area contributed by atoms with E-state index < -0.39 is 0 Å². The third-order valence-corrected chi connectivity index (χ3v) is 3.68. The highest BCUT2D eigenvalue weighted by Gasteiger charge is 2.20. The molecule has 0 amide bonds. The minimum absolute atomic E-state index is 0.0852. The molecule has 1 aliphatic heterocycles. The van der Waals surface area contributed by atoms with Gasteiger partial charge in [-0.1, -0.05) is 13.8 Å². The van der Waals surface area contributed by atoms with Gasteiger partial charge in [-0.25, -0.2) is 4.98 Å². The predicted octanol–water partition coefficient (Wildman–Crippen LogP) is 1.65. The highest BCUT2D eigenvalue weighted by molar-refractivity contribution is 7.11. The van der Waals surface area contributed by atoms with Crippen LogP contribution in [0.4, 0.5) is 0 Å². The van der Waals surface area contributed by atoms with Gasteiger partial charge in [-0.05, 0) is 5.92 Å². The third-order valence-electron chi connectivity index (χ3n) is 2.61. The molecule has 2 rings (SSSR count). The fourth-order valence-corrected chi connectivity index (χ4v) is 3.06. The van der Waals surface area contributed by atoms with E-state index in [-0.39, 0.29) is 6.61 Å². The average molecular weight is 226 g/mol. The number of thiazole rings is 1. The molecule has 0 saturated heterocycles. The van der Waals surface area contributed by atoms with Crippen LogP contribution in [0, 0.1) is 5.92 Å². The second-order valence-corrected chi connectivity index (χ2v) is 5.68. The molecule has 1 N–H and O–H groups in total. The summed E-state index contributed by atoms with van der Waals surface area (Å²) in [7, 11) is 0. The Morgan fingerprint density at radius 3 is 3.00 bits per heavy atom. The number of aromatic nitrogens is 1. The van der Waals surface area contributed by atoms with Crippen LogP contribution in [0.25, 0.3) is 0 Å². The molecule has 0 aliphatic carbocycles. The summed E-state index contributed by atoms with van der Waals surface area (Å²) < 4.78 is 0. The summed E-state index contributed by atoms with van der Waals surface area (Å²) in [5.41, 5.74) is 1.21. The molecule has 0 saturated carbocycles. The first-order valence-corrected chi connectivity index (χ1v) is 6.31. The van der Waals surface area contributed by atoms with Crippen molar-refractivity contribution in [2.45, 2.75) is 33.4 Å². The van der Waals surface area contributed by atoms with Crippen LogP contribution >= 0.6 is 11.3 Å². The van der Waals surface area contributed by atoms with E-state index in [0.29, 0.717) is 0 Å². The lowest BCUT2D eigenvalue weighted by Gasteiger charge is -2.27. The molecule has 1 aromatic rings. The summed E-state index contributed by atoms with van der Waals surface area (Å²) in [6.07, 6.45) is 1.04. The standard InChI is InChI=1S/C11H18N2OS/c1-8(2)5-13-4-3-9-10(6-13)15-11(7-14)12-9/h8,14H,3-7H2,1-2H3. The van der Waals surface area contributed by atoms with Gasteiger partial charge in [-0.15, -0.1) is 11.3 Å². The first kappa shape index (κ1) is 11.0. The minimum Gasteiger partial charge on any atom is -0.389 e. The van der Waals surface area contributed by atoms with Gasteiger partial charge >= 0.3 is 0 Å². The molecule has 1 aliphatic rings. The largest absolute Gasteiger partial charge is 0.389 e. The van der Waals surface area contributed by atoms with E-state index in [1.807, 2.05) is 0 Å². The van der Waals surface area contributed by atoms with Crippen LogP contribution in [-0.4, -0.2) is 28.1 Å². The summed E-state index contributed by atoms with van der Waals surface area (Å²) >= 11 is 1.66. The lowest BCUT2D eigenvalue weighted by molar-refractivity contribution is 0.227. The number of nitrogens with zero attached hydrogens (tertiary/aromatic N) is 2. The van der Waals surface area contributed by atoms with Gasteiger partial charge < -0.3 is 5.11 Å². The molecule has 3 nitrogen and oxygen atoms in total. The summed E-state index contributed by atoms with van der Waals surface area (Å²) in [6, 6.07) is 0. The molecular weight excluding hydrogens is 208 g/mol. The zero-order valence-corrected chi connectivity index (χ0v) is 10.2. The van der Waals surface area contributed by atoms with Crippen molar-refractivity contribution in [3.05, 3.63) is 15.6 Å². The van der Waals surface area contributed by atoms with Crippen molar-refractivity contribution in [2.75, 3.05) is 13.1 Å². The first-order valence-electron chi connectivity index (χ1n) is 5.49. The third kappa shape index (κ3) is 2.56. The second kappa shape index (κ2) is 4.60. The fourth-order valence-electron chi connectivity index (χ4n) is 2.04. The molecule has 0 aromatic carbocycles. The maximum absolute atomic E-state index is 9.03. The Bertz CT molecular complexity index is 335. The molecule has 0 unspecified atom stereocenters. The quantitative estimate of drug-likeness (QED) is 0.851. The SMILES string of the molecule is CC(C)CN1CCc2nc(CO)sc2C1. The molecule has 0 atom stereocenters. The predicted molar refractivity (Wildman–Crippen MR) is 61.9 cm³/mol. The fraction of sp³-hybridized carbons (Fsp3) is 0.727. The smallest absolute Gasteiger partial charge is 0.119 e. The maximum atomic E-state index is 9.03. The molecule has 15 heavy (non-hydrogen) atoms. The number of hydrogen-bond acceptors (Lipinski definition) is 4. The summed E-state index contributed by atoms with van der Waals surface area (Å²) in [5.74, 6) is 0.719. The van der Waals surface area contributed by atoms with E-state index in [1.54, 1.807) is 11.3 Å². The topological polar surface area (TPSA) is 36.4 Å². The van der Waals surface area contributed by atoms with Gasteiger partial charge in [0.15, 0.2) is 0 Å². The van der Waals surface area contributed by atoms with Crippen LogP contribution < -0.4 is 0 Å². The van der Waals surface area contributed by atoms with Crippen LogP contribution in [0.15, 0.2) is 0 Å². The Kier molecular flexibility index (Phi) is 3.38. The van der Waals surface area contributed by atoms with Gasteiger partial charge in [0.05, 0.1) is 12.3 Å². The molecule has 4 heteroatoms. The number of hydrogen-bond donors (Lipinski definition) is 1. The van der Waals surface area contributed by atoms with Crippen molar-refractivity contribution >= 4 is 11.3 Å². The summed E-state index contributed by atoms with van der Waals surface area (Å²) in [4.78, 5) is 8.26. The van der Waals surface area contributed by atoms with Crippen molar-refractivity contribution in [1.29, 1.82) is 0 Å². The van der Waals surface area contributed by atoms with Crippen LogP contribution in [-0.2, 0) is 19.6 Å². The molecule has 84 valence electrons. The van der Waals surface area contributed by atoms with E-state index in [4.69, 9.17) is 5.11 Å². The van der Waals surface area contributed by atoms with Crippen molar-refractivity contribution in [3.8, 4) is 0 Å². The number of aliphatic hydroxyl groups is 1. The average Bonchev–Trinajstić information content (AvgIpc) is 2.58. The van der Waals surface area contributed by atoms with E-state index in [0.717, 1.165) is 37.0 Å². The summed E-state index contributed by atoms with van der Waals surface area (Å²) in [6.45, 7) is 7.88. The van der Waals surface area contributed by atoms with Gasteiger partial charge in [-0.2, -0.15) is 0 Å². The first-order chi connectivity index (χ1) is 7.19. The Morgan fingerprint density at radius 2 is 2.33 bits per heavy atom. The molecule has 0 bridgehead atoms. The van der Waals surface area contributed by atoms with Gasteiger partial charge in [-0.3, -0.25) is 4.90 Å². The minimum atomic E-state index is 0.0852. The second-order valence-electron chi connectivity index (χ2n) is 4.51. The zero-order chi connectivity index (χ0) is 10.8. The van der Waals surface area contributed by atoms with Crippen molar-refractivity contribution in [1.82, 2.24) is 9.88 Å². The highest BCUT2D eigenvalue weighted by atomic mass is 32.1. The number of fused-ring (bicyclic) bond motifs is 1. The number of aliphatic hydroxyl groups excluding tert-OH is 1. The Morgan fingerprint density at radius 1 is 1.53 bits per heavy atom. The van der Waals surface area contributed by atoms with Gasteiger partial charge in [0, 0.05) is 30.9 Å².